The zero-order valence-electron chi connectivity index (χ0n) is 10.3. The molecule has 0 spiro atoms. The number of halogens is 1. The average Bonchev–Trinajstić information content (AvgIpc) is 2.75. The minimum absolute atomic E-state index is 0.0157. The van der Waals surface area contributed by atoms with Crippen molar-refractivity contribution < 1.29 is 22.7 Å². The maximum atomic E-state index is 12.2. The SMILES string of the molecule is Cc1oc(C(=O)O)cc1S(=O)(=O)Nc1ccccc1Br. The first-order chi connectivity index (χ1) is 9.31. The quantitative estimate of drug-likeness (QED) is 0.874. The highest BCUT2D eigenvalue weighted by molar-refractivity contribution is 9.10. The molecule has 106 valence electrons. The van der Waals surface area contributed by atoms with Crippen LogP contribution in [-0.4, -0.2) is 19.5 Å². The summed E-state index contributed by atoms with van der Waals surface area (Å²) in [6.45, 7) is 1.39. The fourth-order valence-electron chi connectivity index (χ4n) is 1.58. The summed E-state index contributed by atoms with van der Waals surface area (Å²) in [6, 6.07) is 7.66. The average molecular weight is 360 g/mol. The van der Waals surface area contributed by atoms with Gasteiger partial charge < -0.3 is 9.52 Å². The van der Waals surface area contributed by atoms with Gasteiger partial charge in [0.2, 0.25) is 5.76 Å². The normalized spacial score (nSPS) is 11.3. The Morgan fingerprint density at radius 1 is 1.35 bits per heavy atom. The molecule has 0 saturated carbocycles. The summed E-state index contributed by atoms with van der Waals surface area (Å²) < 4.78 is 32.3. The van der Waals surface area contributed by atoms with Crippen LogP contribution in [0.15, 0.2) is 44.1 Å². The molecule has 0 amide bonds. The van der Waals surface area contributed by atoms with Gasteiger partial charge in [0.1, 0.15) is 10.7 Å². The van der Waals surface area contributed by atoms with Crippen LogP contribution in [-0.2, 0) is 10.0 Å². The Morgan fingerprint density at radius 3 is 2.55 bits per heavy atom. The second kappa shape index (κ2) is 5.29. The lowest BCUT2D eigenvalue weighted by molar-refractivity contribution is 0.0661. The summed E-state index contributed by atoms with van der Waals surface area (Å²) in [4.78, 5) is 10.6. The van der Waals surface area contributed by atoms with Crippen LogP contribution in [0.25, 0.3) is 0 Å². The molecule has 2 N–H and O–H groups in total. The lowest BCUT2D eigenvalue weighted by atomic mass is 10.3. The van der Waals surface area contributed by atoms with Gasteiger partial charge in [-0.05, 0) is 35.0 Å². The largest absolute Gasteiger partial charge is 0.475 e. The summed E-state index contributed by atoms with van der Waals surface area (Å²) >= 11 is 3.22. The summed E-state index contributed by atoms with van der Waals surface area (Å²) in [5.41, 5.74) is 0.352. The van der Waals surface area contributed by atoms with E-state index in [9.17, 15) is 13.2 Å². The highest BCUT2D eigenvalue weighted by atomic mass is 79.9. The number of carbonyl (C=O) groups is 1. The van der Waals surface area contributed by atoms with Crippen LogP contribution in [0.1, 0.15) is 16.3 Å². The number of furan rings is 1. The topological polar surface area (TPSA) is 96.6 Å². The number of aromatic carboxylic acids is 1. The summed E-state index contributed by atoms with van der Waals surface area (Å²) in [5, 5.41) is 8.81. The molecule has 1 heterocycles. The van der Waals surface area contributed by atoms with Gasteiger partial charge in [0, 0.05) is 10.5 Å². The van der Waals surface area contributed by atoms with Crippen molar-refractivity contribution in [1.29, 1.82) is 0 Å². The molecule has 0 unspecified atom stereocenters. The third-order valence-corrected chi connectivity index (χ3v) is 4.66. The number of aryl methyl sites for hydroxylation is 1. The van der Waals surface area contributed by atoms with E-state index in [-0.39, 0.29) is 10.7 Å². The Kier molecular flexibility index (Phi) is 3.87. The van der Waals surface area contributed by atoms with Crippen LogP contribution in [0.3, 0.4) is 0 Å². The van der Waals surface area contributed by atoms with E-state index >= 15 is 0 Å². The number of benzene rings is 1. The van der Waals surface area contributed by atoms with E-state index in [0.717, 1.165) is 6.07 Å². The Hall–Kier alpha value is -1.80. The van der Waals surface area contributed by atoms with Gasteiger partial charge in [0.15, 0.2) is 0 Å². The maximum Gasteiger partial charge on any atom is 0.371 e. The molecule has 8 heteroatoms. The van der Waals surface area contributed by atoms with Crippen LogP contribution in [0, 0.1) is 6.92 Å². The highest BCUT2D eigenvalue weighted by Crippen LogP contribution is 2.27. The first-order valence-electron chi connectivity index (χ1n) is 5.42. The summed E-state index contributed by atoms with van der Waals surface area (Å²) in [6.07, 6.45) is 0. The molecule has 1 aromatic carbocycles. The number of hydrogen-bond donors (Lipinski definition) is 2. The van der Waals surface area contributed by atoms with Crippen molar-refractivity contribution in [1.82, 2.24) is 0 Å². The van der Waals surface area contributed by atoms with Crippen LogP contribution >= 0.6 is 15.9 Å². The molecule has 0 aliphatic rings. The zero-order chi connectivity index (χ0) is 14.9. The van der Waals surface area contributed by atoms with E-state index in [1.807, 2.05) is 0 Å². The molecule has 0 saturated heterocycles. The van der Waals surface area contributed by atoms with Crippen LogP contribution in [0.4, 0.5) is 5.69 Å². The third kappa shape index (κ3) is 2.86. The van der Waals surface area contributed by atoms with E-state index in [0.29, 0.717) is 10.2 Å². The standard InChI is InChI=1S/C12H10BrNO5S/c1-7-11(6-10(19-7)12(15)16)20(17,18)14-9-5-3-2-4-8(9)13/h2-6,14H,1H3,(H,15,16). The first kappa shape index (κ1) is 14.6. The number of hydrogen-bond acceptors (Lipinski definition) is 4. The van der Waals surface area contributed by atoms with Gasteiger partial charge in [-0.15, -0.1) is 0 Å². The molecule has 2 aromatic rings. The fraction of sp³-hybridized carbons (Fsp3) is 0.0833. The van der Waals surface area contributed by atoms with Crippen molar-refractivity contribution in [3.8, 4) is 0 Å². The molecule has 2 rings (SSSR count). The monoisotopic (exact) mass is 359 g/mol. The molecular weight excluding hydrogens is 350 g/mol. The van der Waals surface area contributed by atoms with Gasteiger partial charge in [-0.25, -0.2) is 13.2 Å². The fourth-order valence-corrected chi connectivity index (χ4v) is 3.36. The van der Waals surface area contributed by atoms with Crippen molar-refractivity contribution in [2.75, 3.05) is 4.72 Å². The van der Waals surface area contributed by atoms with Gasteiger partial charge in [-0.1, -0.05) is 12.1 Å². The molecule has 0 aliphatic carbocycles. The van der Waals surface area contributed by atoms with E-state index in [4.69, 9.17) is 9.52 Å². The molecule has 20 heavy (non-hydrogen) atoms. The van der Waals surface area contributed by atoms with Crippen molar-refractivity contribution in [2.45, 2.75) is 11.8 Å². The number of anilines is 1. The van der Waals surface area contributed by atoms with Crippen molar-refractivity contribution in [2.24, 2.45) is 0 Å². The predicted octanol–water partition coefficient (Wildman–Crippen LogP) is 2.85. The Labute approximate surface area is 123 Å². The van der Waals surface area contributed by atoms with Gasteiger partial charge in [0.05, 0.1) is 5.69 Å². The minimum atomic E-state index is -3.92. The van der Waals surface area contributed by atoms with Crippen LogP contribution in [0.2, 0.25) is 0 Å². The summed E-state index contributed by atoms with van der Waals surface area (Å²) in [5.74, 6) is -1.73. The molecule has 0 aliphatic heterocycles. The predicted molar refractivity (Wildman–Crippen MR) is 75.4 cm³/mol. The van der Waals surface area contributed by atoms with Crippen LogP contribution < -0.4 is 4.72 Å². The van der Waals surface area contributed by atoms with Crippen molar-refractivity contribution in [3.05, 3.63) is 46.3 Å². The van der Waals surface area contributed by atoms with Gasteiger partial charge in [-0.3, -0.25) is 4.72 Å². The summed E-state index contributed by atoms with van der Waals surface area (Å²) in [7, 11) is -3.92. The number of nitrogens with one attached hydrogen (secondary N) is 1. The van der Waals surface area contributed by atoms with Crippen LogP contribution in [0.5, 0.6) is 0 Å². The van der Waals surface area contributed by atoms with E-state index in [1.165, 1.54) is 6.92 Å². The molecule has 0 fully saturated rings. The zero-order valence-corrected chi connectivity index (χ0v) is 12.7. The number of carboxylic acid groups (broad SMARTS) is 1. The lowest BCUT2D eigenvalue weighted by Gasteiger charge is -2.08. The Morgan fingerprint density at radius 2 is 2.00 bits per heavy atom. The number of sulfonamides is 1. The minimum Gasteiger partial charge on any atom is -0.475 e. The molecule has 0 atom stereocenters. The maximum absolute atomic E-state index is 12.2. The number of carboxylic acids is 1. The number of rotatable bonds is 4. The Bertz CT molecular complexity index is 766. The van der Waals surface area contributed by atoms with Gasteiger partial charge in [-0.2, -0.15) is 0 Å². The molecular formula is C12H10BrNO5S. The molecule has 1 aromatic heterocycles. The molecule has 0 bridgehead atoms. The van der Waals surface area contributed by atoms with E-state index < -0.39 is 21.8 Å². The van der Waals surface area contributed by atoms with Crippen molar-refractivity contribution in [3.63, 3.8) is 0 Å². The highest BCUT2D eigenvalue weighted by Gasteiger charge is 2.24. The second-order valence-corrected chi connectivity index (χ2v) is 6.43. The Balaban J connectivity index is 2.41. The van der Waals surface area contributed by atoms with Crippen molar-refractivity contribution >= 4 is 37.6 Å². The van der Waals surface area contributed by atoms with Gasteiger partial charge >= 0.3 is 5.97 Å². The van der Waals surface area contributed by atoms with E-state index in [2.05, 4.69) is 20.7 Å². The van der Waals surface area contributed by atoms with Gasteiger partial charge in [0.25, 0.3) is 10.0 Å². The number of para-hydroxylation sites is 1. The lowest BCUT2D eigenvalue weighted by Crippen LogP contribution is -2.13. The molecule has 0 radical (unpaired) electrons. The third-order valence-electron chi connectivity index (χ3n) is 2.49. The smallest absolute Gasteiger partial charge is 0.371 e. The van der Waals surface area contributed by atoms with E-state index in [1.54, 1.807) is 24.3 Å². The first-order valence-corrected chi connectivity index (χ1v) is 7.70. The second-order valence-electron chi connectivity index (χ2n) is 3.92. The molecule has 6 nitrogen and oxygen atoms in total.